The van der Waals surface area contributed by atoms with Crippen LogP contribution < -0.4 is 10.1 Å². The molecular weight excluding hydrogens is 349 g/mol. The fourth-order valence-electron chi connectivity index (χ4n) is 3.39. The van der Waals surface area contributed by atoms with Crippen LogP contribution in [0.3, 0.4) is 0 Å². The number of carbonyl (C=O) groups is 2. The summed E-state index contributed by atoms with van der Waals surface area (Å²) >= 11 is 0. The lowest BCUT2D eigenvalue weighted by Gasteiger charge is -2.35. The number of rotatable bonds is 2. The lowest BCUT2D eigenvalue weighted by atomic mass is 10.1. The van der Waals surface area contributed by atoms with Crippen molar-refractivity contribution in [2.75, 3.05) is 31.5 Å². The van der Waals surface area contributed by atoms with Crippen LogP contribution in [0.2, 0.25) is 0 Å². The van der Waals surface area contributed by atoms with Gasteiger partial charge in [0.25, 0.3) is 5.91 Å². The summed E-state index contributed by atoms with van der Waals surface area (Å²) in [5.74, 6) is 0.384. The number of halogens is 1. The average molecular weight is 369 g/mol. The first kappa shape index (κ1) is 17.3. The number of nitrogens with zero attached hydrogens (tertiary/aromatic N) is 2. The third-order valence-corrected chi connectivity index (χ3v) is 4.90. The number of hydrogen-bond acceptors (Lipinski definition) is 3. The van der Waals surface area contributed by atoms with Crippen molar-refractivity contribution >= 4 is 17.6 Å². The Labute approximate surface area is 156 Å². The molecule has 6 nitrogen and oxygen atoms in total. The van der Waals surface area contributed by atoms with Crippen molar-refractivity contribution in [1.29, 1.82) is 0 Å². The van der Waals surface area contributed by atoms with Gasteiger partial charge < -0.3 is 19.9 Å². The number of ether oxygens (including phenoxy) is 1. The van der Waals surface area contributed by atoms with Crippen molar-refractivity contribution in [1.82, 2.24) is 9.80 Å². The van der Waals surface area contributed by atoms with Gasteiger partial charge in [-0.3, -0.25) is 4.79 Å². The normalized spacial score (nSPS) is 18.6. The van der Waals surface area contributed by atoms with Gasteiger partial charge in [-0.25, -0.2) is 9.18 Å². The van der Waals surface area contributed by atoms with Crippen molar-refractivity contribution in [2.24, 2.45) is 0 Å². The maximum Gasteiger partial charge on any atom is 0.321 e. The van der Waals surface area contributed by atoms with Crippen LogP contribution in [0.4, 0.5) is 14.9 Å². The van der Waals surface area contributed by atoms with Crippen LogP contribution in [-0.4, -0.2) is 54.0 Å². The maximum absolute atomic E-state index is 12.9. The predicted octanol–water partition coefficient (Wildman–Crippen LogP) is 2.51. The molecule has 140 valence electrons. The zero-order valence-electron chi connectivity index (χ0n) is 14.7. The van der Waals surface area contributed by atoms with E-state index in [9.17, 15) is 14.0 Å². The fraction of sp³-hybridized carbons (Fsp3) is 0.300. The highest BCUT2D eigenvalue weighted by atomic mass is 19.1. The highest BCUT2D eigenvalue weighted by Gasteiger charge is 2.34. The van der Waals surface area contributed by atoms with Crippen LogP contribution in [0, 0.1) is 5.82 Å². The van der Waals surface area contributed by atoms with Gasteiger partial charge in [-0.15, -0.1) is 0 Å². The first-order valence-electron chi connectivity index (χ1n) is 8.95. The Morgan fingerprint density at radius 2 is 1.63 bits per heavy atom. The Morgan fingerprint density at radius 3 is 2.33 bits per heavy atom. The van der Waals surface area contributed by atoms with Gasteiger partial charge in [0.05, 0.1) is 0 Å². The molecule has 2 aromatic carbocycles. The number of fused-ring (bicyclic) bond motifs is 1. The molecule has 3 amide bonds. The Hall–Kier alpha value is -3.09. The smallest absolute Gasteiger partial charge is 0.321 e. The van der Waals surface area contributed by atoms with Gasteiger partial charge in [-0.2, -0.15) is 0 Å². The molecule has 0 aliphatic carbocycles. The number of para-hydroxylation sites is 1. The zero-order valence-corrected chi connectivity index (χ0v) is 14.7. The second-order valence-electron chi connectivity index (χ2n) is 6.67. The van der Waals surface area contributed by atoms with E-state index in [2.05, 4.69) is 5.32 Å². The van der Waals surface area contributed by atoms with E-state index in [4.69, 9.17) is 4.74 Å². The van der Waals surface area contributed by atoms with Gasteiger partial charge >= 0.3 is 6.03 Å². The number of nitrogens with one attached hydrogen (secondary N) is 1. The van der Waals surface area contributed by atoms with Crippen LogP contribution in [0.15, 0.2) is 48.5 Å². The number of urea groups is 1. The Morgan fingerprint density at radius 1 is 0.963 bits per heavy atom. The zero-order chi connectivity index (χ0) is 18.8. The summed E-state index contributed by atoms with van der Waals surface area (Å²) in [6.07, 6.45) is 0.0993. The van der Waals surface area contributed by atoms with Gasteiger partial charge in [0.2, 0.25) is 0 Å². The summed E-state index contributed by atoms with van der Waals surface area (Å²) in [4.78, 5) is 28.4. The molecule has 0 aromatic heterocycles. The number of carbonyl (C=O) groups excluding carboxylic acids is 2. The number of amides is 3. The summed E-state index contributed by atoms with van der Waals surface area (Å²) in [6.45, 7) is 1.81. The highest BCUT2D eigenvalue weighted by molar-refractivity contribution is 5.89. The van der Waals surface area contributed by atoms with Crippen LogP contribution in [0.25, 0.3) is 0 Å². The summed E-state index contributed by atoms with van der Waals surface area (Å²) in [6, 6.07) is 13.1. The van der Waals surface area contributed by atoms with Crippen LogP contribution in [0.1, 0.15) is 5.56 Å². The van der Waals surface area contributed by atoms with Crippen molar-refractivity contribution < 1.29 is 18.7 Å². The Kier molecular flexibility index (Phi) is 4.66. The molecule has 0 spiro atoms. The molecule has 1 fully saturated rings. The Balaban J connectivity index is 1.29. The van der Waals surface area contributed by atoms with Gasteiger partial charge in [-0.1, -0.05) is 18.2 Å². The molecule has 1 atom stereocenters. The number of piperazine rings is 1. The van der Waals surface area contributed by atoms with Crippen molar-refractivity contribution in [3.05, 3.63) is 59.9 Å². The molecule has 0 bridgehead atoms. The summed E-state index contributed by atoms with van der Waals surface area (Å²) in [5.41, 5.74) is 1.59. The molecular formula is C20H20FN3O3. The van der Waals surface area contributed by atoms with E-state index in [1.54, 1.807) is 9.80 Å². The largest absolute Gasteiger partial charge is 0.480 e. The molecule has 7 heteroatoms. The first-order chi connectivity index (χ1) is 13.1. The van der Waals surface area contributed by atoms with Gasteiger partial charge in [0.1, 0.15) is 11.6 Å². The fourth-order valence-corrected chi connectivity index (χ4v) is 3.39. The minimum atomic E-state index is -0.484. The molecule has 27 heavy (non-hydrogen) atoms. The Bertz CT molecular complexity index is 823. The molecule has 4 rings (SSSR count). The average Bonchev–Trinajstić information content (AvgIpc) is 3.13. The lowest BCUT2D eigenvalue weighted by Crippen LogP contribution is -2.54. The molecule has 0 radical (unpaired) electrons. The van der Waals surface area contributed by atoms with Gasteiger partial charge in [0, 0.05) is 38.3 Å². The van der Waals surface area contributed by atoms with Crippen molar-refractivity contribution in [3.8, 4) is 5.75 Å². The molecule has 2 aliphatic rings. The minimum Gasteiger partial charge on any atom is -0.480 e. The number of anilines is 1. The van der Waals surface area contributed by atoms with E-state index in [1.807, 2.05) is 24.3 Å². The van der Waals surface area contributed by atoms with E-state index < -0.39 is 6.10 Å². The van der Waals surface area contributed by atoms with E-state index in [-0.39, 0.29) is 17.8 Å². The maximum atomic E-state index is 12.9. The van der Waals surface area contributed by atoms with Crippen molar-refractivity contribution in [2.45, 2.75) is 12.5 Å². The standard InChI is InChI=1S/C20H20FN3O3/c21-15-5-7-16(8-6-15)22-20(26)24-11-9-23(10-12-24)19(25)18-13-14-3-1-2-4-17(14)27-18/h1-8,18H,9-13H2,(H,22,26). The molecule has 1 saturated heterocycles. The molecule has 1 unspecified atom stereocenters. The first-order valence-corrected chi connectivity index (χ1v) is 8.95. The molecule has 0 saturated carbocycles. The summed E-state index contributed by atoms with van der Waals surface area (Å²) in [7, 11) is 0. The second-order valence-corrected chi connectivity index (χ2v) is 6.67. The van der Waals surface area contributed by atoms with Crippen LogP contribution in [0.5, 0.6) is 5.75 Å². The second kappa shape index (κ2) is 7.26. The van der Waals surface area contributed by atoms with Gasteiger partial charge in [-0.05, 0) is 35.9 Å². The highest BCUT2D eigenvalue weighted by Crippen LogP contribution is 2.29. The SMILES string of the molecule is O=C(Nc1ccc(F)cc1)N1CCN(C(=O)C2Cc3ccccc3O2)CC1. The monoisotopic (exact) mass is 369 g/mol. The lowest BCUT2D eigenvalue weighted by molar-refractivity contribution is -0.139. The van der Waals surface area contributed by atoms with Gasteiger partial charge in [0.15, 0.2) is 6.10 Å². The molecule has 2 heterocycles. The number of hydrogen-bond donors (Lipinski definition) is 1. The molecule has 2 aliphatic heterocycles. The topological polar surface area (TPSA) is 61.9 Å². The van der Waals surface area contributed by atoms with E-state index in [0.29, 0.717) is 38.3 Å². The summed E-state index contributed by atoms with van der Waals surface area (Å²) < 4.78 is 18.7. The molecule has 2 aromatic rings. The third kappa shape index (κ3) is 3.72. The summed E-state index contributed by atoms with van der Waals surface area (Å²) in [5, 5.41) is 2.74. The molecule has 1 N–H and O–H groups in total. The quantitative estimate of drug-likeness (QED) is 0.885. The minimum absolute atomic E-state index is 0.0372. The van der Waals surface area contributed by atoms with Crippen LogP contribution >= 0.6 is 0 Å². The van der Waals surface area contributed by atoms with Crippen LogP contribution in [-0.2, 0) is 11.2 Å². The van der Waals surface area contributed by atoms with E-state index >= 15 is 0 Å². The number of benzene rings is 2. The predicted molar refractivity (Wildman–Crippen MR) is 98.1 cm³/mol. The van der Waals surface area contributed by atoms with E-state index in [1.165, 1.54) is 24.3 Å². The van der Waals surface area contributed by atoms with E-state index in [0.717, 1.165) is 11.3 Å². The van der Waals surface area contributed by atoms with Crippen molar-refractivity contribution in [3.63, 3.8) is 0 Å². The third-order valence-electron chi connectivity index (χ3n) is 4.90.